The van der Waals surface area contributed by atoms with Crippen LogP contribution in [0.25, 0.3) is 5.70 Å². The van der Waals surface area contributed by atoms with Gasteiger partial charge < -0.3 is 9.64 Å². The van der Waals surface area contributed by atoms with Gasteiger partial charge in [0.15, 0.2) is 0 Å². The van der Waals surface area contributed by atoms with Crippen molar-refractivity contribution in [3.8, 4) is 5.75 Å². The van der Waals surface area contributed by atoms with Gasteiger partial charge in [0.2, 0.25) is 0 Å². The Balaban J connectivity index is 0.00000248. The summed E-state index contributed by atoms with van der Waals surface area (Å²) in [4.78, 5) is 2.19. The summed E-state index contributed by atoms with van der Waals surface area (Å²) in [7, 11) is 0. The fraction of sp³-hybridized carbons (Fsp3) is 0.579. The molecule has 1 spiro atoms. The van der Waals surface area contributed by atoms with Gasteiger partial charge in [0.05, 0.1) is 5.88 Å². The third kappa shape index (κ3) is 9.34. The number of rotatable bonds is 12. The summed E-state index contributed by atoms with van der Waals surface area (Å²) < 4.78 is 9.40. The molecule has 3 nitrogen and oxygen atoms in total. The maximum Gasteiger partial charge on any atom is 0.123 e. The average Bonchev–Trinajstić information content (AvgIpc) is 3.01. The first-order valence-electron chi connectivity index (χ1n) is 16.6. The Bertz CT molecular complexity index is 1160. The predicted octanol–water partition coefficient (Wildman–Crippen LogP) is 10.7. The van der Waals surface area contributed by atoms with Crippen molar-refractivity contribution in [1.82, 2.24) is 9.21 Å². The number of nitrogens with zero attached hydrogens (tertiary/aromatic N) is 2. The van der Waals surface area contributed by atoms with E-state index in [1.165, 1.54) is 29.5 Å². The monoisotopic (exact) mass is 622 g/mol. The number of thiol groups is 1. The van der Waals surface area contributed by atoms with Gasteiger partial charge in [-0.3, -0.25) is 4.31 Å². The van der Waals surface area contributed by atoms with Crippen LogP contribution in [0.15, 0.2) is 67.3 Å². The van der Waals surface area contributed by atoms with Gasteiger partial charge in [0, 0.05) is 55.4 Å². The van der Waals surface area contributed by atoms with E-state index in [-0.39, 0.29) is 5.60 Å². The lowest BCUT2D eigenvalue weighted by Crippen LogP contribution is -2.49. The second-order valence-corrected chi connectivity index (χ2v) is 14.5. The molecule has 0 amide bonds. The van der Waals surface area contributed by atoms with E-state index < -0.39 is 0 Å². The lowest BCUT2D eigenvalue weighted by Gasteiger charge is -2.47. The SMILES string of the molecule is C=C(CSN1CCC2(CC1)CC(c1ccc(C(=C)N(CC)CS)cc1)c1ccccc1O2)CC(CCC)C(C)(C)C.CC. The Kier molecular flexibility index (Phi) is 13.7. The molecule has 2 unspecified atom stereocenters. The molecule has 0 N–H and O–H groups in total. The Morgan fingerprint density at radius 2 is 1.72 bits per heavy atom. The Morgan fingerprint density at radius 3 is 2.30 bits per heavy atom. The molecule has 1 saturated heterocycles. The molecule has 238 valence electrons. The molecule has 2 aromatic rings. The highest BCUT2D eigenvalue weighted by molar-refractivity contribution is 7.97. The largest absolute Gasteiger partial charge is 0.487 e. The molecule has 2 aliphatic heterocycles. The van der Waals surface area contributed by atoms with Gasteiger partial charge >= 0.3 is 0 Å². The van der Waals surface area contributed by atoms with Crippen LogP contribution in [0, 0.1) is 11.3 Å². The van der Waals surface area contributed by atoms with Crippen molar-refractivity contribution >= 4 is 30.3 Å². The lowest BCUT2D eigenvalue weighted by atomic mass is 9.75. The molecular formula is C38H58N2OS2. The highest BCUT2D eigenvalue weighted by atomic mass is 32.2. The van der Waals surface area contributed by atoms with Crippen LogP contribution in [0.4, 0.5) is 0 Å². The van der Waals surface area contributed by atoms with E-state index in [1.54, 1.807) is 0 Å². The zero-order valence-corrected chi connectivity index (χ0v) is 29.8. The maximum atomic E-state index is 6.84. The zero-order valence-electron chi connectivity index (χ0n) is 28.1. The predicted molar refractivity (Wildman–Crippen MR) is 194 cm³/mol. The van der Waals surface area contributed by atoms with Crippen LogP contribution in [0.3, 0.4) is 0 Å². The van der Waals surface area contributed by atoms with Gasteiger partial charge in [-0.05, 0) is 54.7 Å². The first-order chi connectivity index (χ1) is 20.6. The van der Waals surface area contributed by atoms with Crippen molar-refractivity contribution in [2.75, 3.05) is 31.3 Å². The standard InChI is InChI=1S/C36H52N2OS2.C2H6/c1-8-12-31(35(5,6)7)23-27(3)25-41-38-21-19-36(20-22-38)24-33(32-13-10-11-14-34(32)39-36)30-17-15-29(16-18-30)28(4)37(9-2)26-40;1-2/h10-11,13-18,31,33,40H,3-4,8-9,12,19-26H2,1-2,5-7H3;1-2H3. The van der Waals surface area contributed by atoms with Crippen LogP contribution >= 0.6 is 24.6 Å². The third-order valence-corrected chi connectivity index (χ3v) is 10.9. The highest BCUT2D eigenvalue weighted by Crippen LogP contribution is 2.48. The molecule has 2 aromatic carbocycles. The number of para-hydroxylation sites is 1. The number of piperidine rings is 1. The van der Waals surface area contributed by atoms with Gasteiger partial charge in [0.25, 0.3) is 0 Å². The fourth-order valence-corrected chi connectivity index (χ4v) is 7.79. The summed E-state index contributed by atoms with van der Waals surface area (Å²) in [6.07, 6.45) is 6.80. The van der Waals surface area contributed by atoms with Crippen LogP contribution in [0.2, 0.25) is 0 Å². The average molecular weight is 623 g/mol. The molecule has 0 aliphatic carbocycles. The van der Waals surface area contributed by atoms with E-state index in [0.717, 1.165) is 68.1 Å². The molecule has 2 heterocycles. The van der Waals surface area contributed by atoms with E-state index in [4.69, 9.17) is 4.74 Å². The van der Waals surface area contributed by atoms with Gasteiger partial charge in [-0.15, -0.1) is 0 Å². The lowest BCUT2D eigenvalue weighted by molar-refractivity contribution is -0.00172. The van der Waals surface area contributed by atoms with Crippen LogP contribution in [-0.2, 0) is 0 Å². The molecule has 0 bridgehead atoms. The van der Waals surface area contributed by atoms with Crippen molar-refractivity contribution in [3.05, 3.63) is 84.0 Å². The topological polar surface area (TPSA) is 15.7 Å². The second kappa shape index (κ2) is 16.5. The van der Waals surface area contributed by atoms with E-state index in [9.17, 15) is 0 Å². The quantitative estimate of drug-likeness (QED) is 0.110. The molecule has 2 aliphatic rings. The Morgan fingerprint density at radius 1 is 1.07 bits per heavy atom. The zero-order chi connectivity index (χ0) is 31.6. The summed E-state index contributed by atoms with van der Waals surface area (Å²) in [6, 6.07) is 17.7. The van der Waals surface area contributed by atoms with Gasteiger partial charge in [0.1, 0.15) is 11.4 Å². The molecule has 0 saturated carbocycles. The highest BCUT2D eigenvalue weighted by Gasteiger charge is 2.43. The molecule has 0 radical (unpaired) electrons. The summed E-state index contributed by atoms with van der Waals surface area (Å²) in [5.41, 5.74) is 6.47. The summed E-state index contributed by atoms with van der Waals surface area (Å²) in [5, 5.41) is 0. The van der Waals surface area contributed by atoms with Crippen molar-refractivity contribution in [1.29, 1.82) is 0 Å². The minimum Gasteiger partial charge on any atom is -0.487 e. The minimum atomic E-state index is -0.112. The first kappa shape index (κ1) is 35.7. The number of benzene rings is 2. The van der Waals surface area contributed by atoms with Gasteiger partial charge in [-0.1, -0.05) is 121 Å². The van der Waals surface area contributed by atoms with Crippen molar-refractivity contribution in [3.63, 3.8) is 0 Å². The summed E-state index contributed by atoms with van der Waals surface area (Å²) in [5.74, 6) is 3.80. The minimum absolute atomic E-state index is 0.112. The number of fused-ring (bicyclic) bond motifs is 1. The molecule has 2 atom stereocenters. The van der Waals surface area contributed by atoms with Crippen molar-refractivity contribution in [2.45, 2.75) is 98.5 Å². The molecule has 43 heavy (non-hydrogen) atoms. The fourth-order valence-electron chi connectivity index (χ4n) is 6.49. The third-order valence-electron chi connectivity index (χ3n) is 9.26. The summed E-state index contributed by atoms with van der Waals surface area (Å²) >= 11 is 6.45. The summed E-state index contributed by atoms with van der Waals surface area (Å²) in [6.45, 7) is 27.4. The molecule has 4 rings (SSSR count). The van der Waals surface area contributed by atoms with E-state index in [1.807, 2.05) is 25.8 Å². The van der Waals surface area contributed by atoms with Crippen LogP contribution < -0.4 is 4.74 Å². The molecule has 0 aromatic heterocycles. The van der Waals surface area contributed by atoms with Crippen LogP contribution in [-0.4, -0.2) is 46.1 Å². The van der Waals surface area contributed by atoms with Crippen molar-refractivity contribution < 1.29 is 4.74 Å². The molecular weight excluding hydrogens is 565 g/mol. The van der Waals surface area contributed by atoms with Crippen LogP contribution in [0.5, 0.6) is 5.75 Å². The van der Waals surface area contributed by atoms with Crippen LogP contribution in [0.1, 0.15) is 110 Å². The smallest absolute Gasteiger partial charge is 0.123 e. The van der Waals surface area contributed by atoms with Crippen molar-refractivity contribution in [2.24, 2.45) is 11.3 Å². The van der Waals surface area contributed by atoms with E-state index in [0.29, 0.717) is 23.1 Å². The number of hydrogen-bond donors (Lipinski definition) is 1. The maximum absolute atomic E-state index is 6.84. The van der Waals surface area contributed by atoms with Gasteiger partial charge in [-0.2, -0.15) is 12.6 Å². The Hall–Kier alpha value is -1.82. The molecule has 1 fully saturated rings. The Labute approximate surface area is 274 Å². The molecule has 5 heteroatoms. The van der Waals surface area contributed by atoms with E-state index in [2.05, 4.69) is 118 Å². The second-order valence-electron chi connectivity index (χ2n) is 13.2. The normalized spacial score (nSPS) is 18.6. The van der Waals surface area contributed by atoms with E-state index >= 15 is 0 Å². The van der Waals surface area contributed by atoms with Gasteiger partial charge in [-0.25, -0.2) is 0 Å². The first-order valence-corrected chi connectivity index (χ1v) is 18.1. The number of ether oxygens (including phenoxy) is 1. The number of hydrogen-bond acceptors (Lipinski definition) is 5.